The molecule has 0 aliphatic carbocycles. The molecule has 0 atom stereocenters. The van der Waals surface area contributed by atoms with Gasteiger partial charge in [-0.25, -0.2) is 0 Å². The van der Waals surface area contributed by atoms with Gasteiger partial charge in [0.1, 0.15) is 5.75 Å². The predicted molar refractivity (Wildman–Crippen MR) is 86.1 cm³/mol. The van der Waals surface area contributed by atoms with Crippen molar-refractivity contribution in [2.75, 3.05) is 6.61 Å². The topological polar surface area (TPSA) is 26.3 Å². The first-order valence-corrected chi connectivity index (χ1v) is 7.45. The molecule has 0 unspecified atom stereocenters. The summed E-state index contributed by atoms with van der Waals surface area (Å²) in [5.41, 5.74) is 3.12. The fraction of sp³-hybridized carbons (Fsp3) is 0.316. The van der Waals surface area contributed by atoms with Crippen LogP contribution in [0.4, 0.5) is 0 Å². The van der Waals surface area contributed by atoms with E-state index in [1.54, 1.807) is 6.92 Å². The van der Waals surface area contributed by atoms with Crippen LogP contribution < -0.4 is 4.74 Å². The van der Waals surface area contributed by atoms with Crippen molar-refractivity contribution in [3.05, 3.63) is 65.2 Å². The first-order valence-electron chi connectivity index (χ1n) is 7.45. The number of rotatable bonds is 7. The van der Waals surface area contributed by atoms with Crippen molar-refractivity contribution in [1.82, 2.24) is 0 Å². The second-order valence-corrected chi connectivity index (χ2v) is 5.32. The average Bonchev–Trinajstić information content (AvgIpc) is 2.47. The Kier molecular flexibility index (Phi) is 5.56. The highest BCUT2D eigenvalue weighted by Crippen LogP contribution is 2.18. The fourth-order valence-corrected chi connectivity index (χ4v) is 2.39. The number of hydrogen-bond acceptors (Lipinski definition) is 2. The van der Waals surface area contributed by atoms with Crippen molar-refractivity contribution in [1.29, 1.82) is 0 Å². The molecule has 0 heterocycles. The smallest absolute Gasteiger partial charge is 0.160 e. The quantitative estimate of drug-likeness (QED) is 0.548. The maximum absolute atomic E-state index is 11.4. The van der Waals surface area contributed by atoms with Crippen molar-refractivity contribution in [2.24, 2.45) is 0 Å². The third-order valence-electron chi connectivity index (χ3n) is 3.55. The van der Waals surface area contributed by atoms with Gasteiger partial charge in [0.2, 0.25) is 0 Å². The molecule has 0 aromatic heterocycles. The number of ether oxygens (including phenoxy) is 1. The highest BCUT2D eigenvalue weighted by atomic mass is 16.5. The van der Waals surface area contributed by atoms with E-state index < -0.39 is 0 Å². The normalized spacial score (nSPS) is 10.4. The van der Waals surface area contributed by atoms with Crippen LogP contribution in [0.1, 0.15) is 41.3 Å². The molecule has 0 N–H and O–H groups in total. The number of Topliss-reactive ketones (excluding diaryl/α,β-unsaturated/α-hetero) is 1. The van der Waals surface area contributed by atoms with Crippen LogP contribution in [0, 0.1) is 6.92 Å². The summed E-state index contributed by atoms with van der Waals surface area (Å²) in [5, 5.41) is 0. The molecule has 2 heteroatoms. The van der Waals surface area contributed by atoms with Gasteiger partial charge in [-0.1, -0.05) is 30.3 Å². The minimum atomic E-state index is 0.0990. The molecule has 0 bridgehead atoms. The van der Waals surface area contributed by atoms with Gasteiger partial charge in [0, 0.05) is 5.56 Å². The zero-order valence-corrected chi connectivity index (χ0v) is 12.8. The lowest BCUT2D eigenvalue weighted by molar-refractivity contribution is 0.101. The van der Waals surface area contributed by atoms with Gasteiger partial charge in [0.25, 0.3) is 0 Å². The second kappa shape index (κ2) is 7.63. The van der Waals surface area contributed by atoms with Crippen LogP contribution in [0.5, 0.6) is 5.75 Å². The van der Waals surface area contributed by atoms with Crippen molar-refractivity contribution in [3.63, 3.8) is 0 Å². The highest BCUT2D eigenvalue weighted by molar-refractivity contribution is 5.95. The molecular weight excluding hydrogens is 260 g/mol. The summed E-state index contributed by atoms with van der Waals surface area (Å²) in [5.74, 6) is 0.944. The third kappa shape index (κ3) is 4.75. The van der Waals surface area contributed by atoms with E-state index in [0.717, 1.165) is 36.1 Å². The number of aryl methyl sites for hydroxylation is 2. The van der Waals surface area contributed by atoms with E-state index in [1.807, 2.05) is 31.2 Å². The Labute approximate surface area is 126 Å². The van der Waals surface area contributed by atoms with Gasteiger partial charge in [0.15, 0.2) is 5.78 Å². The van der Waals surface area contributed by atoms with Gasteiger partial charge in [-0.2, -0.15) is 0 Å². The summed E-state index contributed by atoms with van der Waals surface area (Å²) < 4.78 is 5.75. The van der Waals surface area contributed by atoms with Gasteiger partial charge in [-0.3, -0.25) is 4.79 Å². The molecule has 0 aliphatic heterocycles. The Bertz CT molecular complexity index is 588. The van der Waals surface area contributed by atoms with Crippen molar-refractivity contribution < 1.29 is 9.53 Å². The molecule has 2 aromatic carbocycles. The van der Waals surface area contributed by atoms with Gasteiger partial charge < -0.3 is 4.74 Å². The van der Waals surface area contributed by atoms with Crippen LogP contribution in [-0.2, 0) is 6.42 Å². The molecule has 2 nitrogen and oxygen atoms in total. The molecule has 2 rings (SSSR count). The van der Waals surface area contributed by atoms with Crippen molar-refractivity contribution in [2.45, 2.75) is 33.1 Å². The van der Waals surface area contributed by atoms with E-state index in [2.05, 4.69) is 24.3 Å². The second-order valence-electron chi connectivity index (χ2n) is 5.32. The Morgan fingerprint density at radius 3 is 2.48 bits per heavy atom. The van der Waals surface area contributed by atoms with E-state index in [-0.39, 0.29) is 5.78 Å². The van der Waals surface area contributed by atoms with Gasteiger partial charge in [0.05, 0.1) is 6.61 Å². The molecule has 0 saturated heterocycles. The minimum Gasteiger partial charge on any atom is -0.494 e. The molecule has 0 amide bonds. The SMILES string of the molecule is CC(=O)c1ccc(OCCCCc2ccccc2)cc1C. The van der Waals surface area contributed by atoms with Gasteiger partial charge in [-0.15, -0.1) is 0 Å². The maximum atomic E-state index is 11.4. The number of ketones is 1. The van der Waals surface area contributed by atoms with E-state index in [0.29, 0.717) is 6.61 Å². The standard InChI is InChI=1S/C19H22O2/c1-15-14-18(11-12-19(15)16(2)20)21-13-7-6-10-17-8-4-3-5-9-17/h3-5,8-9,11-12,14H,6-7,10,13H2,1-2H3. The largest absolute Gasteiger partial charge is 0.494 e. The third-order valence-corrected chi connectivity index (χ3v) is 3.55. The summed E-state index contributed by atoms with van der Waals surface area (Å²) in [7, 11) is 0. The van der Waals surface area contributed by atoms with Gasteiger partial charge in [-0.05, 0) is 62.4 Å². The summed E-state index contributed by atoms with van der Waals surface area (Å²) in [6.07, 6.45) is 3.24. The monoisotopic (exact) mass is 282 g/mol. The molecule has 21 heavy (non-hydrogen) atoms. The zero-order valence-electron chi connectivity index (χ0n) is 12.8. The summed E-state index contributed by atoms with van der Waals surface area (Å²) in [6, 6.07) is 16.2. The van der Waals surface area contributed by atoms with E-state index in [1.165, 1.54) is 5.56 Å². The molecule has 110 valence electrons. The lowest BCUT2D eigenvalue weighted by Crippen LogP contribution is -2.01. The van der Waals surface area contributed by atoms with Gasteiger partial charge >= 0.3 is 0 Å². The molecule has 0 spiro atoms. The number of hydrogen-bond donors (Lipinski definition) is 0. The van der Waals surface area contributed by atoms with E-state index in [9.17, 15) is 4.79 Å². The predicted octanol–water partition coefficient (Wildman–Crippen LogP) is 4.60. The summed E-state index contributed by atoms with van der Waals surface area (Å²) in [6.45, 7) is 4.25. The molecule has 0 saturated carbocycles. The molecule has 0 fully saturated rings. The Morgan fingerprint density at radius 1 is 1.05 bits per heavy atom. The first kappa shape index (κ1) is 15.3. The zero-order chi connectivity index (χ0) is 15.1. The van der Waals surface area contributed by atoms with Crippen molar-refractivity contribution in [3.8, 4) is 5.75 Å². The van der Waals surface area contributed by atoms with Crippen LogP contribution in [0.3, 0.4) is 0 Å². The summed E-state index contributed by atoms with van der Waals surface area (Å²) in [4.78, 5) is 11.4. The number of carbonyl (C=O) groups excluding carboxylic acids is 1. The molecule has 0 radical (unpaired) electrons. The van der Waals surface area contributed by atoms with Crippen LogP contribution >= 0.6 is 0 Å². The molecule has 2 aromatic rings. The Balaban J connectivity index is 1.74. The first-order chi connectivity index (χ1) is 10.2. The van der Waals surface area contributed by atoms with Crippen LogP contribution in [-0.4, -0.2) is 12.4 Å². The Morgan fingerprint density at radius 2 is 1.81 bits per heavy atom. The van der Waals surface area contributed by atoms with Crippen LogP contribution in [0.15, 0.2) is 48.5 Å². The lowest BCUT2D eigenvalue weighted by atomic mass is 10.1. The van der Waals surface area contributed by atoms with Crippen LogP contribution in [0.2, 0.25) is 0 Å². The fourth-order valence-electron chi connectivity index (χ4n) is 2.39. The maximum Gasteiger partial charge on any atom is 0.160 e. The lowest BCUT2D eigenvalue weighted by Gasteiger charge is -2.09. The van der Waals surface area contributed by atoms with Crippen LogP contribution in [0.25, 0.3) is 0 Å². The van der Waals surface area contributed by atoms with Crippen molar-refractivity contribution >= 4 is 5.78 Å². The minimum absolute atomic E-state index is 0.0990. The van der Waals surface area contributed by atoms with E-state index in [4.69, 9.17) is 4.74 Å². The van der Waals surface area contributed by atoms with E-state index >= 15 is 0 Å². The number of benzene rings is 2. The Hall–Kier alpha value is -2.09. The number of carbonyl (C=O) groups is 1. The average molecular weight is 282 g/mol. The highest BCUT2D eigenvalue weighted by Gasteiger charge is 2.04. The molecular formula is C19H22O2. The molecule has 0 aliphatic rings. The summed E-state index contributed by atoms with van der Waals surface area (Å²) >= 11 is 0. The number of unbranched alkanes of at least 4 members (excludes halogenated alkanes) is 1.